The van der Waals surface area contributed by atoms with Gasteiger partial charge in [0.1, 0.15) is 5.82 Å². The fourth-order valence-corrected chi connectivity index (χ4v) is 3.12. The van der Waals surface area contributed by atoms with Gasteiger partial charge in [-0.15, -0.1) is 0 Å². The van der Waals surface area contributed by atoms with Crippen LogP contribution in [0.3, 0.4) is 0 Å². The second-order valence-corrected chi connectivity index (χ2v) is 6.17. The summed E-state index contributed by atoms with van der Waals surface area (Å²) in [5.41, 5.74) is 5.97. The third-order valence-corrected chi connectivity index (χ3v) is 4.32. The first kappa shape index (κ1) is 15.0. The normalized spacial score (nSPS) is 16.9. The fraction of sp³-hybridized carbons (Fsp3) is 0.263. The Hall–Kier alpha value is -2.53. The zero-order chi connectivity index (χ0) is 16.7. The van der Waals surface area contributed by atoms with Crippen LogP contribution in [0.4, 0.5) is 4.39 Å². The molecule has 0 fully saturated rings. The van der Waals surface area contributed by atoms with Gasteiger partial charge in [0, 0.05) is 29.4 Å². The van der Waals surface area contributed by atoms with Crippen molar-refractivity contribution in [3.63, 3.8) is 0 Å². The Bertz CT molecular complexity index is 886. The molecule has 5 heteroatoms. The minimum Gasteiger partial charge on any atom is -0.373 e. The van der Waals surface area contributed by atoms with Gasteiger partial charge in [-0.25, -0.2) is 9.07 Å². The van der Waals surface area contributed by atoms with E-state index < -0.39 is 0 Å². The topological polar surface area (TPSA) is 39.9 Å². The van der Waals surface area contributed by atoms with E-state index in [2.05, 4.69) is 11.9 Å². The molecule has 0 saturated carbocycles. The molecule has 1 aliphatic rings. The van der Waals surface area contributed by atoms with Crippen molar-refractivity contribution >= 4 is 0 Å². The molecule has 122 valence electrons. The molecule has 3 aromatic rings. The van der Waals surface area contributed by atoms with Gasteiger partial charge in [0.25, 0.3) is 0 Å². The number of aromatic nitrogens is 3. The molecule has 0 N–H and O–H groups in total. The molecule has 3 heterocycles. The summed E-state index contributed by atoms with van der Waals surface area (Å²) in [6.45, 7) is 4.56. The Labute approximate surface area is 139 Å². The molecular weight excluding hydrogens is 305 g/mol. The van der Waals surface area contributed by atoms with Crippen molar-refractivity contribution in [3.8, 4) is 16.9 Å². The number of hydrogen-bond acceptors (Lipinski definition) is 3. The second kappa shape index (κ2) is 5.83. The third kappa shape index (κ3) is 2.61. The zero-order valence-electron chi connectivity index (χ0n) is 13.7. The fourth-order valence-electron chi connectivity index (χ4n) is 3.12. The largest absolute Gasteiger partial charge is 0.373 e. The second-order valence-electron chi connectivity index (χ2n) is 6.17. The first-order valence-electron chi connectivity index (χ1n) is 8.03. The van der Waals surface area contributed by atoms with E-state index in [9.17, 15) is 4.39 Å². The van der Waals surface area contributed by atoms with Gasteiger partial charge in [-0.05, 0) is 50.2 Å². The van der Waals surface area contributed by atoms with Crippen molar-refractivity contribution in [1.82, 2.24) is 14.8 Å². The minimum atomic E-state index is -0.249. The molecule has 0 aliphatic carbocycles. The van der Waals surface area contributed by atoms with E-state index in [1.807, 2.05) is 23.7 Å². The van der Waals surface area contributed by atoms with Crippen molar-refractivity contribution in [2.45, 2.75) is 33.0 Å². The van der Waals surface area contributed by atoms with Crippen LogP contribution in [-0.2, 0) is 17.8 Å². The highest BCUT2D eigenvalue weighted by Gasteiger charge is 2.26. The molecule has 2 aromatic heterocycles. The molecule has 1 aliphatic heterocycles. The van der Waals surface area contributed by atoms with Gasteiger partial charge >= 0.3 is 0 Å². The monoisotopic (exact) mass is 323 g/mol. The predicted molar refractivity (Wildman–Crippen MR) is 89.4 cm³/mol. The van der Waals surface area contributed by atoms with Crippen LogP contribution in [0.5, 0.6) is 0 Å². The van der Waals surface area contributed by atoms with Gasteiger partial charge in [-0.2, -0.15) is 5.10 Å². The van der Waals surface area contributed by atoms with Gasteiger partial charge in [0.2, 0.25) is 0 Å². The Kier molecular flexibility index (Phi) is 3.65. The van der Waals surface area contributed by atoms with E-state index in [4.69, 9.17) is 9.84 Å². The van der Waals surface area contributed by atoms with Crippen LogP contribution in [0.2, 0.25) is 0 Å². The molecule has 0 saturated heterocycles. The summed E-state index contributed by atoms with van der Waals surface area (Å²) in [6, 6.07) is 10.4. The van der Waals surface area contributed by atoms with Gasteiger partial charge in [0.15, 0.2) is 0 Å². The van der Waals surface area contributed by atoms with Gasteiger partial charge in [0.05, 0.1) is 29.8 Å². The van der Waals surface area contributed by atoms with Crippen LogP contribution in [0.1, 0.15) is 23.9 Å². The number of rotatable bonds is 2. The highest BCUT2D eigenvalue weighted by molar-refractivity contribution is 5.65. The predicted octanol–water partition coefficient (Wildman–Crippen LogP) is 3.84. The lowest BCUT2D eigenvalue weighted by atomic mass is 10.0. The Balaban J connectivity index is 1.90. The lowest BCUT2D eigenvalue weighted by Crippen LogP contribution is -2.20. The molecule has 0 bridgehead atoms. The maximum atomic E-state index is 13.3. The number of aryl methyl sites for hydroxylation is 1. The summed E-state index contributed by atoms with van der Waals surface area (Å²) >= 11 is 0. The van der Waals surface area contributed by atoms with Crippen LogP contribution >= 0.6 is 0 Å². The summed E-state index contributed by atoms with van der Waals surface area (Å²) in [6.07, 6.45) is 2.71. The summed E-state index contributed by atoms with van der Waals surface area (Å²) in [7, 11) is 0. The lowest BCUT2D eigenvalue weighted by Gasteiger charge is -2.21. The van der Waals surface area contributed by atoms with E-state index >= 15 is 0 Å². The molecule has 4 nitrogen and oxygen atoms in total. The summed E-state index contributed by atoms with van der Waals surface area (Å²) in [4.78, 5) is 4.26. The third-order valence-electron chi connectivity index (χ3n) is 4.32. The van der Waals surface area contributed by atoms with Crippen molar-refractivity contribution in [2.75, 3.05) is 0 Å². The van der Waals surface area contributed by atoms with E-state index in [1.54, 1.807) is 18.3 Å². The quantitative estimate of drug-likeness (QED) is 0.719. The maximum Gasteiger partial charge on any atom is 0.123 e. The van der Waals surface area contributed by atoms with E-state index in [-0.39, 0.29) is 11.9 Å². The molecule has 1 unspecified atom stereocenters. The van der Waals surface area contributed by atoms with Crippen molar-refractivity contribution in [1.29, 1.82) is 0 Å². The first-order valence-corrected chi connectivity index (χ1v) is 8.03. The smallest absolute Gasteiger partial charge is 0.123 e. The Morgan fingerprint density at radius 2 is 2.00 bits per heavy atom. The van der Waals surface area contributed by atoms with E-state index in [0.717, 1.165) is 40.3 Å². The number of benzene rings is 1. The summed E-state index contributed by atoms with van der Waals surface area (Å²) in [5, 5.41) is 4.82. The number of halogens is 1. The number of nitrogens with zero attached hydrogens (tertiary/aromatic N) is 3. The Morgan fingerprint density at radius 3 is 2.75 bits per heavy atom. The zero-order valence-corrected chi connectivity index (χ0v) is 13.7. The standard InChI is InChI=1S/C19H18FN3O/c1-12-9-14(7-8-21-12)19-17-11-24-13(2)10-18(17)23(22-19)16-5-3-15(20)4-6-16/h3-9,13H,10-11H2,1-2H3. The average molecular weight is 323 g/mol. The summed E-state index contributed by atoms with van der Waals surface area (Å²) in [5.74, 6) is -0.249. The van der Waals surface area contributed by atoms with Crippen LogP contribution in [0.15, 0.2) is 42.6 Å². The highest BCUT2D eigenvalue weighted by atomic mass is 19.1. The van der Waals surface area contributed by atoms with Crippen LogP contribution in [-0.4, -0.2) is 20.9 Å². The Morgan fingerprint density at radius 1 is 1.21 bits per heavy atom. The molecule has 0 spiro atoms. The van der Waals surface area contributed by atoms with Gasteiger partial charge < -0.3 is 4.74 Å². The van der Waals surface area contributed by atoms with E-state index in [0.29, 0.717) is 6.61 Å². The van der Waals surface area contributed by atoms with Crippen molar-refractivity contribution in [2.24, 2.45) is 0 Å². The van der Waals surface area contributed by atoms with E-state index in [1.165, 1.54) is 12.1 Å². The number of ether oxygens (including phenoxy) is 1. The molecule has 4 rings (SSSR count). The molecule has 0 amide bonds. The number of fused-ring (bicyclic) bond motifs is 1. The molecular formula is C19H18FN3O. The minimum absolute atomic E-state index is 0.139. The van der Waals surface area contributed by atoms with Gasteiger partial charge in [-0.1, -0.05) is 0 Å². The lowest BCUT2D eigenvalue weighted by molar-refractivity contribution is 0.0401. The number of pyridine rings is 1. The summed E-state index contributed by atoms with van der Waals surface area (Å²) < 4.78 is 21.0. The van der Waals surface area contributed by atoms with Crippen LogP contribution in [0, 0.1) is 12.7 Å². The SMILES string of the molecule is Cc1cc(-c2nn(-c3ccc(F)cc3)c3c2COC(C)C3)ccn1. The van der Waals surface area contributed by atoms with Crippen LogP contribution < -0.4 is 0 Å². The van der Waals surface area contributed by atoms with Gasteiger partial charge in [-0.3, -0.25) is 4.98 Å². The first-order chi connectivity index (χ1) is 11.6. The maximum absolute atomic E-state index is 13.3. The molecule has 0 radical (unpaired) electrons. The van der Waals surface area contributed by atoms with Crippen molar-refractivity contribution < 1.29 is 9.13 Å². The molecule has 1 atom stereocenters. The highest BCUT2D eigenvalue weighted by Crippen LogP contribution is 2.32. The van der Waals surface area contributed by atoms with Crippen LogP contribution in [0.25, 0.3) is 16.9 Å². The molecule has 1 aromatic carbocycles. The number of hydrogen-bond donors (Lipinski definition) is 0. The molecule has 24 heavy (non-hydrogen) atoms. The van der Waals surface area contributed by atoms with Crippen molar-refractivity contribution in [3.05, 3.63) is 65.4 Å². The average Bonchev–Trinajstić information content (AvgIpc) is 2.94.